The molecule has 4 aliphatic rings. The lowest BCUT2D eigenvalue weighted by Gasteiger charge is -2.59. The number of nitrogens with one attached hydrogen (secondary N) is 1. The van der Waals surface area contributed by atoms with Gasteiger partial charge in [0.1, 0.15) is 0 Å². The average Bonchev–Trinajstić information content (AvgIpc) is 2.87. The highest BCUT2D eigenvalue weighted by atomic mass is 32.1. The van der Waals surface area contributed by atoms with E-state index in [1.54, 1.807) is 19.3 Å². The topological polar surface area (TPSA) is 12.0 Å². The largest absolute Gasteiger partial charge is 0.310 e. The third kappa shape index (κ3) is 2.17. The van der Waals surface area contributed by atoms with E-state index in [0.717, 1.165) is 24.3 Å². The van der Waals surface area contributed by atoms with E-state index in [0.29, 0.717) is 11.5 Å². The lowest BCUT2D eigenvalue weighted by Crippen LogP contribution is -2.54. The molecule has 1 aromatic heterocycles. The van der Waals surface area contributed by atoms with Gasteiger partial charge >= 0.3 is 0 Å². The van der Waals surface area contributed by atoms with Crippen LogP contribution in [0.5, 0.6) is 0 Å². The van der Waals surface area contributed by atoms with Crippen LogP contribution in [0.15, 0.2) is 16.8 Å². The molecule has 0 aliphatic heterocycles. The van der Waals surface area contributed by atoms with Crippen molar-refractivity contribution in [2.45, 2.75) is 58.0 Å². The molecule has 0 saturated heterocycles. The molecule has 1 N–H and O–H groups in total. The Morgan fingerprint density at radius 2 is 1.84 bits per heavy atom. The van der Waals surface area contributed by atoms with Crippen molar-refractivity contribution in [1.29, 1.82) is 0 Å². The van der Waals surface area contributed by atoms with Gasteiger partial charge in [0, 0.05) is 12.6 Å². The summed E-state index contributed by atoms with van der Waals surface area (Å²) >= 11 is 1.81. The maximum atomic E-state index is 3.85. The summed E-state index contributed by atoms with van der Waals surface area (Å²) in [5, 5.41) is 8.31. The van der Waals surface area contributed by atoms with Crippen LogP contribution in [-0.2, 0) is 6.54 Å². The van der Waals surface area contributed by atoms with E-state index >= 15 is 0 Å². The van der Waals surface area contributed by atoms with Gasteiger partial charge in [-0.25, -0.2) is 0 Å². The van der Waals surface area contributed by atoms with Crippen LogP contribution in [0.3, 0.4) is 0 Å². The summed E-state index contributed by atoms with van der Waals surface area (Å²) < 4.78 is 0. The molecule has 4 saturated carbocycles. The third-order valence-corrected chi connectivity index (χ3v) is 6.93. The molecule has 0 radical (unpaired) electrons. The zero-order chi connectivity index (χ0) is 12.9. The highest BCUT2D eigenvalue weighted by Gasteiger charge is 2.52. The highest BCUT2D eigenvalue weighted by molar-refractivity contribution is 7.07. The Kier molecular flexibility index (Phi) is 3.00. The summed E-state index contributed by atoms with van der Waals surface area (Å²) in [6.45, 7) is 3.52. The van der Waals surface area contributed by atoms with Crippen molar-refractivity contribution in [2.75, 3.05) is 0 Å². The van der Waals surface area contributed by atoms with Gasteiger partial charge in [0.2, 0.25) is 0 Å². The van der Waals surface area contributed by atoms with Gasteiger partial charge in [0.05, 0.1) is 0 Å². The van der Waals surface area contributed by atoms with Crippen LogP contribution in [0.4, 0.5) is 0 Å². The van der Waals surface area contributed by atoms with E-state index in [2.05, 4.69) is 29.1 Å². The molecule has 0 aromatic carbocycles. The Morgan fingerprint density at radius 1 is 1.21 bits per heavy atom. The van der Waals surface area contributed by atoms with Crippen molar-refractivity contribution in [3.63, 3.8) is 0 Å². The third-order valence-electron chi connectivity index (χ3n) is 6.20. The summed E-state index contributed by atoms with van der Waals surface area (Å²) in [4.78, 5) is 0. The summed E-state index contributed by atoms with van der Waals surface area (Å²) in [6, 6.07) is 2.95. The molecule has 4 aliphatic carbocycles. The van der Waals surface area contributed by atoms with Crippen molar-refractivity contribution in [3.05, 3.63) is 22.4 Å². The summed E-state index contributed by atoms with van der Waals surface area (Å²) in [7, 11) is 0. The smallest absolute Gasteiger partial charge is 0.0216 e. The van der Waals surface area contributed by atoms with E-state index in [-0.39, 0.29) is 0 Å². The molecule has 1 atom stereocenters. The molecule has 4 fully saturated rings. The highest BCUT2D eigenvalue weighted by Crippen LogP contribution is 2.61. The fraction of sp³-hybridized carbons (Fsp3) is 0.765. The Bertz CT molecular complexity index is 401. The van der Waals surface area contributed by atoms with Crippen molar-refractivity contribution in [1.82, 2.24) is 5.32 Å². The molecule has 104 valence electrons. The van der Waals surface area contributed by atoms with Gasteiger partial charge in [0.15, 0.2) is 0 Å². The van der Waals surface area contributed by atoms with E-state index in [1.807, 2.05) is 11.3 Å². The van der Waals surface area contributed by atoms with Gasteiger partial charge in [-0.2, -0.15) is 11.3 Å². The maximum absolute atomic E-state index is 3.85. The van der Waals surface area contributed by atoms with Gasteiger partial charge in [-0.3, -0.25) is 0 Å². The molecule has 0 amide bonds. The molecule has 1 heterocycles. The van der Waals surface area contributed by atoms with Crippen molar-refractivity contribution in [3.8, 4) is 0 Å². The average molecular weight is 275 g/mol. The van der Waals surface area contributed by atoms with Crippen molar-refractivity contribution >= 4 is 11.3 Å². The van der Waals surface area contributed by atoms with Crippen LogP contribution in [0.1, 0.15) is 51.0 Å². The normalized spacial score (nSPS) is 41.6. The number of rotatable bonds is 4. The van der Waals surface area contributed by atoms with Crippen LogP contribution in [-0.4, -0.2) is 6.04 Å². The first-order valence-electron chi connectivity index (χ1n) is 7.98. The van der Waals surface area contributed by atoms with Crippen LogP contribution in [0, 0.1) is 23.2 Å². The lowest BCUT2D eigenvalue weighted by molar-refractivity contribution is -0.0706. The second-order valence-electron chi connectivity index (χ2n) is 7.51. The van der Waals surface area contributed by atoms with Crippen LogP contribution >= 0.6 is 11.3 Å². The summed E-state index contributed by atoms with van der Waals surface area (Å²) in [5.41, 5.74) is 2.10. The quantitative estimate of drug-likeness (QED) is 0.856. The monoisotopic (exact) mass is 275 g/mol. The molecule has 4 bridgehead atoms. The Hall–Kier alpha value is -0.340. The molecular formula is C17H25NS. The van der Waals surface area contributed by atoms with E-state index < -0.39 is 0 Å². The lowest BCUT2D eigenvalue weighted by atomic mass is 9.48. The number of thiophene rings is 1. The molecule has 19 heavy (non-hydrogen) atoms. The van der Waals surface area contributed by atoms with Crippen LogP contribution < -0.4 is 5.32 Å². The minimum atomic E-state index is 0.644. The molecule has 1 aromatic rings. The Morgan fingerprint density at radius 3 is 2.37 bits per heavy atom. The van der Waals surface area contributed by atoms with E-state index in [9.17, 15) is 0 Å². The zero-order valence-electron chi connectivity index (χ0n) is 11.9. The van der Waals surface area contributed by atoms with Crippen molar-refractivity contribution < 1.29 is 0 Å². The molecule has 2 heteroatoms. The maximum Gasteiger partial charge on any atom is 0.0216 e. The van der Waals surface area contributed by atoms with Gasteiger partial charge in [-0.1, -0.05) is 0 Å². The molecular weight excluding hydrogens is 250 g/mol. The summed E-state index contributed by atoms with van der Waals surface area (Å²) in [5.74, 6) is 3.20. The van der Waals surface area contributed by atoms with E-state index in [4.69, 9.17) is 0 Å². The first-order valence-corrected chi connectivity index (χ1v) is 8.92. The van der Waals surface area contributed by atoms with Gasteiger partial charge in [-0.15, -0.1) is 0 Å². The molecule has 5 rings (SSSR count). The van der Waals surface area contributed by atoms with E-state index in [1.165, 1.54) is 24.8 Å². The zero-order valence-corrected chi connectivity index (χ0v) is 12.7. The van der Waals surface area contributed by atoms with Gasteiger partial charge < -0.3 is 5.32 Å². The summed E-state index contributed by atoms with van der Waals surface area (Å²) in [6.07, 6.45) is 9.19. The number of hydrogen-bond acceptors (Lipinski definition) is 2. The molecule has 1 nitrogen and oxygen atoms in total. The van der Waals surface area contributed by atoms with Crippen molar-refractivity contribution in [2.24, 2.45) is 23.2 Å². The number of hydrogen-bond donors (Lipinski definition) is 1. The second kappa shape index (κ2) is 4.60. The fourth-order valence-electron chi connectivity index (χ4n) is 5.59. The minimum Gasteiger partial charge on any atom is -0.310 e. The molecule has 0 unspecified atom stereocenters. The minimum absolute atomic E-state index is 0.644. The fourth-order valence-corrected chi connectivity index (χ4v) is 6.26. The first-order chi connectivity index (χ1) is 9.23. The first kappa shape index (κ1) is 12.4. The SMILES string of the molecule is C[C@@H](NCc1ccsc1)C12CC3CC(CC(C3)C1)C2. The van der Waals surface area contributed by atoms with Gasteiger partial charge in [0.25, 0.3) is 0 Å². The van der Waals surface area contributed by atoms with Gasteiger partial charge in [-0.05, 0) is 91.0 Å². The molecule has 0 spiro atoms. The second-order valence-corrected chi connectivity index (χ2v) is 8.29. The van der Waals surface area contributed by atoms with Crippen LogP contribution in [0.25, 0.3) is 0 Å². The predicted molar refractivity (Wildman–Crippen MR) is 81.2 cm³/mol. The Labute approximate surface area is 120 Å². The van der Waals surface area contributed by atoms with Crippen LogP contribution in [0.2, 0.25) is 0 Å². The standard InChI is InChI=1S/C17H25NS/c1-12(18-10-13-2-3-19-11-13)17-7-14-4-15(8-17)6-16(5-14)9-17/h2-3,11-12,14-16,18H,4-10H2,1H3/t12-,14?,15?,16?,17?/m1/s1. The Balaban J connectivity index is 1.45. The predicted octanol–water partition coefficient (Wildman–Crippen LogP) is 4.44.